The van der Waals surface area contributed by atoms with Gasteiger partial charge in [0, 0.05) is 7.11 Å². The second-order valence-electron chi connectivity index (χ2n) is 2.98. The van der Waals surface area contributed by atoms with E-state index in [9.17, 15) is 0 Å². The van der Waals surface area contributed by atoms with Gasteiger partial charge in [-0.3, -0.25) is 0 Å². The Morgan fingerprint density at radius 3 is 2.82 bits per heavy atom. The fourth-order valence-corrected chi connectivity index (χ4v) is 1.36. The Bertz CT molecular complexity index is 221. The maximum atomic E-state index is 5.04. The molecule has 11 heavy (non-hydrogen) atoms. The Morgan fingerprint density at radius 1 is 1.55 bits per heavy atom. The molecule has 0 N–H and O–H groups in total. The third kappa shape index (κ3) is 2.35. The molecule has 0 aromatic heterocycles. The van der Waals surface area contributed by atoms with Gasteiger partial charge in [0.15, 0.2) is 0 Å². The van der Waals surface area contributed by atoms with Crippen LogP contribution in [-0.2, 0) is 4.74 Å². The highest BCUT2D eigenvalue weighted by molar-refractivity contribution is 5.39. The van der Waals surface area contributed by atoms with Crippen LogP contribution in [0.2, 0.25) is 0 Å². The third-order valence-electron chi connectivity index (χ3n) is 1.66. The van der Waals surface area contributed by atoms with Gasteiger partial charge in [0.05, 0.1) is 6.61 Å². The average Bonchev–Trinajstić information content (AvgIpc) is 1.85. The van der Waals surface area contributed by atoms with Crippen LogP contribution in [0.3, 0.4) is 0 Å². The highest BCUT2D eigenvalue weighted by Crippen LogP contribution is 2.20. The lowest BCUT2D eigenvalue weighted by Crippen LogP contribution is -1.99. The summed E-state index contributed by atoms with van der Waals surface area (Å²) in [4.78, 5) is 0. The third-order valence-corrected chi connectivity index (χ3v) is 1.66. The van der Waals surface area contributed by atoms with Gasteiger partial charge in [-0.05, 0) is 24.5 Å². The predicted octanol–water partition coefficient (Wildman–Crippen LogP) is 2.47. The maximum absolute atomic E-state index is 5.04. The van der Waals surface area contributed by atoms with Gasteiger partial charge < -0.3 is 4.74 Å². The minimum atomic E-state index is 0.726. The van der Waals surface area contributed by atoms with Crippen molar-refractivity contribution in [2.45, 2.75) is 13.3 Å². The number of hydrogen-bond acceptors (Lipinski definition) is 1. The highest BCUT2D eigenvalue weighted by atomic mass is 16.5. The quantitative estimate of drug-likeness (QED) is 0.587. The second kappa shape index (κ2) is 3.54. The van der Waals surface area contributed by atoms with Crippen LogP contribution in [0.25, 0.3) is 0 Å². The van der Waals surface area contributed by atoms with Gasteiger partial charge in [-0.1, -0.05) is 24.3 Å². The van der Waals surface area contributed by atoms with Gasteiger partial charge in [0.1, 0.15) is 0 Å². The summed E-state index contributed by atoms with van der Waals surface area (Å²) in [5.41, 5.74) is 3.77. The molecule has 0 saturated carbocycles. The Kier molecular flexibility index (Phi) is 2.66. The molecule has 0 aliphatic heterocycles. The van der Waals surface area contributed by atoms with Crippen molar-refractivity contribution in [1.29, 1.82) is 0 Å². The van der Waals surface area contributed by atoms with Crippen molar-refractivity contribution < 1.29 is 4.74 Å². The topological polar surface area (TPSA) is 9.23 Å². The van der Waals surface area contributed by atoms with Crippen LogP contribution in [0, 0.1) is 0 Å². The van der Waals surface area contributed by atoms with E-state index in [0.29, 0.717) is 0 Å². The molecule has 0 saturated heterocycles. The lowest BCUT2D eigenvalue weighted by Gasteiger charge is -2.12. The minimum absolute atomic E-state index is 0.726. The number of ether oxygens (including phenoxy) is 1. The summed E-state index contributed by atoms with van der Waals surface area (Å²) >= 11 is 0. The van der Waals surface area contributed by atoms with E-state index in [1.54, 1.807) is 7.11 Å². The van der Waals surface area contributed by atoms with Crippen molar-refractivity contribution in [3.05, 3.63) is 35.5 Å². The fourth-order valence-electron chi connectivity index (χ4n) is 1.36. The molecule has 1 aliphatic rings. The molecular weight excluding hydrogens is 136 g/mol. The van der Waals surface area contributed by atoms with Crippen LogP contribution in [0.4, 0.5) is 0 Å². The molecule has 0 unspecified atom stereocenters. The van der Waals surface area contributed by atoms with Crippen molar-refractivity contribution >= 4 is 0 Å². The molecule has 0 bridgehead atoms. The summed E-state index contributed by atoms with van der Waals surface area (Å²) in [7, 11) is 1.72. The van der Waals surface area contributed by atoms with Crippen molar-refractivity contribution in [3.63, 3.8) is 0 Å². The van der Waals surface area contributed by atoms with E-state index in [4.69, 9.17) is 4.74 Å². The fraction of sp³-hybridized carbons (Fsp3) is 0.400. The van der Waals surface area contributed by atoms with Crippen molar-refractivity contribution in [2.75, 3.05) is 13.7 Å². The van der Waals surface area contributed by atoms with E-state index in [1.165, 1.54) is 11.1 Å². The smallest absolute Gasteiger partial charge is 0.0679 e. The van der Waals surface area contributed by atoms with Crippen molar-refractivity contribution in [1.82, 2.24) is 0 Å². The number of methoxy groups -OCH3 is 1. The number of hydrogen-bond donors (Lipinski definition) is 0. The van der Waals surface area contributed by atoms with E-state index in [-0.39, 0.29) is 0 Å². The van der Waals surface area contributed by atoms with Gasteiger partial charge in [-0.25, -0.2) is 0 Å². The molecule has 1 aliphatic carbocycles. The van der Waals surface area contributed by atoms with E-state index in [0.717, 1.165) is 18.6 Å². The van der Waals surface area contributed by atoms with E-state index < -0.39 is 0 Å². The van der Waals surface area contributed by atoms with Crippen LogP contribution < -0.4 is 0 Å². The lowest BCUT2D eigenvalue weighted by atomic mass is 9.97. The highest BCUT2D eigenvalue weighted by Gasteiger charge is 2.04. The van der Waals surface area contributed by atoms with Crippen molar-refractivity contribution in [3.8, 4) is 0 Å². The maximum Gasteiger partial charge on any atom is 0.0679 e. The SMILES string of the molecule is C=C1C=C(C)CC(COC)=C1. The molecule has 0 atom stereocenters. The zero-order valence-electron chi connectivity index (χ0n) is 7.18. The first kappa shape index (κ1) is 8.28. The first-order valence-corrected chi connectivity index (χ1v) is 3.77. The zero-order valence-corrected chi connectivity index (χ0v) is 7.18. The molecule has 0 fully saturated rings. The molecule has 0 aromatic rings. The van der Waals surface area contributed by atoms with Crippen LogP contribution in [-0.4, -0.2) is 13.7 Å². The number of allylic oxidation sites excluding steroid dienone is 4. The van der Waals surface area contributed by atoms with Gasteiger partial charge in [-0.2, -0.15) is 0 Å². The Balaban J connectivity index is 2.63. The molecule has 0 amide bonds. The van der Waals surface area contributed by atoms with Gasteiger partial charge in [-0.15, -0.1) is 0 Å². The van der Waals surface area contributed by atoms with Gasteiger partial charge >= 0.3 is 0 Å². The zero-order chi connectivity index (χ0) is 8.27. The average molecular weight is 150 g/mol. The van der Waals surface area contributed by atoms with Crippen LogP contribution in [0.5, 0.6) is 0 Å². The summed E-state index contributed by atoms with van der Waals surface area (Å²) in [5.74, 6) is 0. The normalized spacial score (nSPS) is 17.8. The molecular formula is C10H14O. The first-order chi connectivity index (χ1) is 5.22. The molecule has 60 valence electrons. The molecule has 1 rings (SSSR count). The predicted molar refractivity (Wildman–Crippen MR) is 47.5 cm³/mol. The van der Waals surface area contributed by atoms with Gasteiger partial charge in [0.25, 0.3) is 0 Å². The molecule has 0 radical (unpaired) electrons. The second-order valence-corrected chi connectivity index (χ2v) is 2.98. The summed E-state index contributed by atoms with van der Waals surface area (Å²) in [6, 6.07) is 0. The molecule has 0 heterocycles. The summed E-state index contributed by atoms with van der Waals surface area (Å²) in [6.07, 6.45) is 5.24. The summed E-state index contributed by atoms with van der Waals surface area (Å²) < 4.78 is 5.04. The van der Waals surface area contributed by atoms with E-state index in [1.807, 2.05) is 0 Å². The monoisotopic (exact) mass is 150 g/mol. The van der Waals surface area contributed by atoms with Crippen LogP contribution in [0.1, 0.15) is 13.3 Å². The molecule has 0 aromatic carbocycles. The molecule has 1 nitrogen and oxygen atoms in total. The summed E-state index contributed by atoms with van der Waals surface area (Å²) in [6.45, 7) is 6.73. The van der Waals surface area contributed by atoms with E-state index >= 15 is 0 Å². The van der Waals surface area contributed by atoms with Crippen LogP contribution in [0.15, 0.2) is 35.5 Å². The van der Waals surface area contributed by atoms with E-state index in [2.05, 4.69) is 25.7 Å². The number of rotatable bonds is 2. The first-order valence-electron chi connectivity index (χ1n) is 3.77. The van der Waals surface area contributed by atoms with Gasteiger partial charge in [0.2, 0.25) is 0 Å². The summed E-state index contributed by atoms with van der Waals surface area (Å²) in [5, 5.41) is 0. The molecule has 1 heteroatoms. The minimum Gasteiger partial charge on any atom is -0.380 e. The van der Waals surface area contributed by atoms with Crippen LogP contribution >= 0.6 is 0 Å². The van der Waals surface area contributed by atoms with Crippen molar-refractivity contribution in [2.24, 2.45) is 0 Å². The Labute approximate surface area is 68.1 Å². The Morgan fingerprint density at radius 2 is 2.27 bits per heavy atom. The molecule has 0 spiro atoms. The lowest BCUT2D eigenvalue weighted by molar-refractivity contribution is 0.224. The Hall–Kier alpha value is -0.820. The largest absolute Gasteiger partial charge is 0.380 e. The standard InChI is InChI=1S/C10H14O/c1-8-4-9(2)6-10(5-8)7-11-3/h4-5H,1,6-7H2,2-3H3.